The molecule has 1 aliphatic heterocycles. The summed E-state index contributed by atoms with van der Waals surface area (Å²) < 4.78 is 0. The Labute approximate surface area is 89.9 Å². The average Bonchev–Trinajstić information content (AvgIpc) is 2.07. The number of hydrogen-bond acceptors (Lipinski definition) is 2. The molecule has 0 aromatic rings. The van der Waals surface area contributed by atoms with Gasteiger partial charge in [0.1, 0.15) is 0 Å². The van der Waals surface area contributed by atoms with Crippen LogP contribution in [0.1, 0.15) is 40.0 Å². The third kappa shape index (κ3) is 1.83. The van der Waals surface area contributed by atoms with Crippen LogP contribution in [0.25, 0.3) is 0 Å². The van der Waals surface area contributed by atoms with Gasteiger partial charge in [-0.3, -0.25) is 9.59 Å². The maximum Gasteiger partial charge on any atom is 0.227 e. The second-order valence-corrected chi connectivity index (χ2v) is 5.49. The zero-order valence-electron chi connectivity index (χ0n) is 9.52. The summed E-state index contributed by atoms with van der Waals surface area (Å²) in [7, 11) is 0. The molecule has 2 aliphatic rings. The van der Waals surface area contributed by atoms with Gasteiger partial charge in [-0.1, -0.05) is 20.8 Å². The van der Waals surface area contributed by atoms with Crippen molar-refractivity contribution < 1.29 is 9.59 Å². The highest BCUT2D eigenvalue weighted by molar-refractivity contribution is 6.00. The molecule has 0 saturated carbocycles. The van der Waals surface area contributed by atoms with Gasteiger partial charge in [-0.25, -0.2) is 0 Å². The molecule has 2 rings (SSSR count). The molecule has 15 heavy (non-hydrogen) atoms. The molecule has 0 aromatic heterocycles. The van der Waals surface area contributed by atoms with Gasteiger partial charge in [0, 0.05) is 23.6 Å². The number of Topliss-reactive ketones (excluding diaryl/α,β-unsaturated/α-hetero) is 1. The summed E-state index contributed by atoms with van der Waals surface area (Å²) in [6.07, 6.45) is 2.04. The molecule has 3 heteroatoms. The lowest BCUT2D eigenvalue weighted by Crippen LogP contribution is -2.41. The maximum atomic E-state index is 11.9. The van der Waals surface area contributed by atoms with Crippen LogP contribution in [0.5, 0.6) is 0 Å². The summed E-state index contributed by atoms with van der Waals surface area (Å²) in [6.45, 7) is 6.00. The van der Waals surface area contributed by atoms with E-state index in [2.05, 4.69) is 19.2 Å². The van der Waals surface area contributed by atoms with Gasteiger partial charge in [-0.15, -0.1) is 0 Å². The molecule has 1 amide bonds. The Hall–Kier alpha value is -1.12. The molecule has 0 bridgehead atoms. The summed E-state index contributed by atoms with van der Waals surface area (Å²) in [4.78, 5) is 23.4. The number of rotatable bonds is 0. The third-order valence-electron chi connectivity index (χ3n) is 3.23. The molecule has 82 valence electrons. The fourth-order valence-corrected chi connectivity index (χ4v) is 2.38. The van der Waals surface area contributed by atoms with Gasteiger partial charge in [-0.05, 0) is 18.3 Å². The lowest BCUT2D eigenvalue weighted by molar-refractivity contribution is -0.125. The molecule has 0 fully saturated rings. The van der Waals surface area contributed by atoms with E-state index >= 15 is 0 Å². The van der Waals surface area contributed by atoms with Crippen molar-refractivity contribution in [3.8, 4) is 0 Å². The quantitative estimate of drug-likeness (QED) is 0.658. The van der Waals surface area contributed by atoms with Crippen LogP contribution < -0.4 is 5.32 Å². The number of nitrogens with one attached hydrogen (secondary N) is 1. The largest absolute Gasteiger partial charge is 0.329 e. The van der Waals surface area contributed by atoms with Crippen molar-refractivity contribution in [2.75, 3.05) is 0 Å². The number of hydrogen-bond donors (Lipinski definition) is 1. The molecule has 1 aliphatic carbocycles. The van der Waals surface area contributed by atoms with E-state index in [-0.39, 0.29) is 23.0 Å². The summed E-state index contributed by atoms with van der Waals surface area (Å²) in [5.74, 6) is 0.210. The Morgan fingerprint density at radius 3 is 2.60 bits per heavy atom. The van der Waals surface area contributed by atoms with Gasteiger partial charge in [0.05, 0.1) is 0 Å². The van der Waals surface area contributed by atoms with E-state index in [0.29, 0.717) is 12.8 Å². The second-order valence-electron chi connectivity index (χ2n) is 5.49. The average molecular weight is 207 g/mol. The van der Waals surface area contributed by atoms with Crippen LogP contribution in [-0.2, 0) is 9.59 Å². The third-order valence-corrected chi connectivity index (χ3v) is 3.23. The Kier molecular flexibility index (Phi) is 2.21. The molecule has 3 nitrogen and oxygen atoms in total. The van der Waals surface area contributed by atoms with Gasteiger partial charge < -0.3 is 5.32 Å². The van der Waals surface area contributed by atoms with Crippen LogP contribution in [-0.4, -0.2) is 11.7 Å². The Morgan fingerprint density at radius 2 is 1.93 bits per heavy atom. The van der Waals surface area contributed by atoms with E-state index < -0.39 is 0 Å². The molecule has 0 radical (unpaired) electrons. The van der Waals surface area contributed by atoms with Gasteiger partial charge in [0.15, 0.2) is 5.78 Å². The van der Waals surface area contributed by atoms with E-state index in [1.54, 1.807) is 0 Å². The molecular weight excluding hydrogens is 190 g/mol. The Balaban J connectivity index is 2.34. The highest BCUT2D eigenvalue weighted by Gasteiger charge is 2.37. The van der Waals surface area contributed by atoms with Crippen LogP contribution in [0.2, 0.25) is 0 Å². The summed E-state index contributed by atoms with van der Waals surface area (Å²) in [5, 5.41) is 2.87. The topological polar surface area (TPSA) is 46.2 Å². The minimum Gasteiger partial charge on any atom is -0.329 e. The van der Waals surface area contributed by atoms with Gasteiger partial charge in [0.25, 0.3) is 0 Å². The molecule has 1 heterocycles. The van der Waals surface area contributed by atoms with Crippen LogP contribution in [0.15, 0.2) is 11.3 Å². The van der Waals surface area contributed by atoms with Crippen LogP contribution in [0, 0.1) is 11.3 Å². The normalized spacial score (nSPS) is 29.9. The van der Waals surface area contributed by atoms with Gasteiger partial charge >= 0.3 is 0 Å². The van der Waals surface area contributed by atoms with E-state index in [0.717, 1.165) is 17.7 Å². The first-order chi connectivity index (χ1) is 6.89. The van der Waals surface area contributed by atoms with E-state index in [1.807, 2.05) is 6.92 Å². The van der Waals surface area contributed by atoms with Crippen molar-refractivity contribution in [1.82, 2.24) is 5.32 Å². The maximum absolute atomic E-state index is 11.9. The number of carbonyl (C=O) groups excluding carboxylic acids is 2. The molecular formula is C12H17NO2. The predicted octanol–water partition coefficient (Wildman–Crippen LogP) is 1.79. The van der Waals surface area contributed by atoms with Crippen molar-refractivity contribution in [1.29, 1.82) is 0 Å². The summed E-state index contributed by atoms with van der Waals surface area (Å²) in [6, 6.07) is 0. The SMILES string of the molecule is CC1CC2=C(CC(C)(C)CC2=O)NC1=O. The second kappa shape index (κ2) is 3.19. The van der Waals surface area contributed by atoms with E-state index in [4.69, 9.17) is 0 Å². The number of carbonyl (C=O) groups is 2. The van der Waals surface area contributed by atoms with Crippen LogP contribution >= 0.6 is 0 Å². The number of ketones is 1. The monoisotopic (exact) mass is 207 g/mol. The van der Waals surface area contributed by atoms with Crippen molar-refractivity contribution >= 4 is 11.7 Å². The van der Waals surface area contributed by atoms with Crippen LogP contribution in [0.4, 0.5) is 0 Å². The van der Waals surface area contributed by atoms with E-state index in [9.17, 15) is 9.59 Å². The first-order valence-electron chi connectivity index (χ1n) is 5.45. The Bertz CT molecular complexity index is 366. The summed E-state index contributed by atoms with van der Waals surface area (Å²) >= 11 is 0. The molecule has 0 saturated heterocycles. The van der Waals surface area contributed by atoms with Crippen molar-refractivity contribution in [2.45, 2.75) is 40.0 Å². The van der Waals surface area contributed by atoms with Crippen molar-refractivity contribution in [3.63, 3.8) is 0 Å². The zero-order chi connectivity index (χ0) is 11.2. The zero-order valence-corrected chi connectivity index (χ0v) is 9.52. The van der Waals surface area contributed by atoms with Crippen molar-refractivity contribution in [2.24, 2.45) is 11.3 Å². The minimum atomic E-state index is -0.0612. The highest BCUT2D eigenvalue weighted by atomic mass is 16.2. The van der Waals surface area contributed by atoms with E-state index in [1.165, 1.54) is 0 Å². The molecule has 1 atom stereocenters. The predicted molar refractivity (Wildman–Crippen MR) is 57.0 cm³/mol. The summed E-state index contributed by atoms with van der Waals surface area (Å²) in [5.41, 5.74) is 1.73. The lowest BCUT2D eigenvalue weighted by atomic mass is 9.73. The van der Waals surface area contributed by atoms with Crippen molar-refractivity contribution in [3.05, 3.63) is 11.3 Å². The molecule has 1 unspecified atom stereocenters. The first kappa shape index (κ1) is 10.4. The minimum absolute atomic E-state index is 0.0101. The highest BCUT2D eigenvalue weighted by Crippen LogP contribution is 2.39. The fourth-order valence-electron chi connectivity index (χ4n) is 2.38. The number of amides is 1. The molecule has 0 spiro atoms. The molecule has 0 aromatic carbocycles. The van der Waals surface area contributed by atoms with Gasteiger partial charge in [-0.2, -0.15) is 0 Å². The first-order valence-corrected chi connectivity index (χ1v) is 5.45. The lowest BCUT2D eigenvalue weighted by Gasteiger charge is -2.35. The molecule has 1 N–H and O–H groups in total. The van der Waals surface area contributed by atoms with Crippen LogP contribution in [0.3, 0.4) is 0 Å². The Morgan fingerprint density at radius 1 is 1.27 bits per heavy atom. The fraction of sp³-hybridized carbons (Fsp3) is 0.667. The number of allylic oxidation sites excluding steroid dienone is 2. The standard InChI is InChI=1S/C12H17NO2/c1-7-4-8-9(13-11(7)15)5-12(2,3)6-10(8)14/h7H,4-6H2,1-3H3,(H,13,15). The van der Waals surface area contributed by atoms with Gasteiger partial charge in [0.2, 0.25) is 5.91 Å². The smallest absolute Gasteiger partial charge is 0.227 e.